The molecule has 0 unspecified atom stereocenters. The largest absolute Gasteiger partial charge is 0.371 e. The molecule has 0 saturated carbocycles. The Hall–Kier alpha value is -0.770. The number of hydrogen-bond acceptors (Lipinski definition) is 2. The predicted octanol–water partition coefficient (Wildman–Crippen LogP) is 4.02. The van der Waals surface area contributed by atoms with Crippen LogP contribution in [0.4, 0.5) is 0 Å². The zero-order valence-corrected chi connectivity index (χ0v) is 13.6. The van der Waals surface area contributed by atoms with Gasteiger partial charge in [0, 0.05) is 0 Å². The monoisotopic (exact) mass is 315 g/mol. The number of carbonyl (C=O) groups is 1. The molecule has 1 aromatic carbocycles. The van der Waals surface area contributed by atoms with Gasteiger partial charge in [0.25, 0.3) is 5.91 Å². The molecule has 0 radical (unpaired) electrons. The fraction of sp³-hybridized carbons (Fsp3) is 0.533. The summed E-state index contributed by atoms with van der Waals surface area (Å²) >= 11 is 12.3. The molecule has 110 valence electrons. The Morgan fingerprint density at radius 1 is 1.05 bits per heavy atom. The van der Waals surface area contributed by atoms with Gasteiger partial charge in [-0.3, -0.25) is 4.79 Å². The molecule has 5 heteroatoms. The number of ether oxygens (including phenoxy) is 1. The second-order valence-corrected chi connectivity index (χ2v) is 6.15. The van der Waals surface area contributed by atoms with Crippen LogP contribution in [0.5, 0.6) is 0 Å². The first-order chi connectivity index (χ1) is 9.34. The molecule has 20 heavy (non-hydrogen) atoms. The fourth-order valence-electron chi connectivity index (χ4n) is 2.59. The smallest absolute Gasteiger partial charge is 0.257 e. The zero-order valence-electron chi connectivity index (χ0n) is 12.1. The van der Waals surface area contributed by atoms with Gasteiger partial charge in [-0.25, -0.2) is 0 Å². The summed E-state index contributed by atoms with van der Waals surface area (Å²) in [4.78, 5) is 14.7. The lowest BCUT2D eigenvalue weighted by Gasteiger charge is -2.46. The molecule has 0 aromatic heterocycles. The summed E-state index contributed by atoms with van der Waals surface area (Å²) in [5.74, 6) is -0.136. The van der Waals surface area contributed by atoms with Crippen molar-refractivity contribution in [2.75, 3.05) is 0 Å². The highest BCUT2D eigenvalue weighted by atomic mass is 35.5. The fourth-order valence-corrected chi connectivity index (χ4v) is 3.15. The van der Waals surface area contributed by atoms with Gasteiger partial charge in [-0.2, -0.15) is 0 Å². The second kappa shape index (κ2) is 5.92. The van der Waals surface area contributed by atoms with Crippen LogP contribution in [0.15, 0.2) is 18.2 Å². The molecule has 1 heterocycles. The van der Waals surface area contributed by atoms with Crippen molar-refractivity contribution < 1.29 is 9.53 Å². The van der Waals surface area contributed by atoms with Crippen molar-refractivity contribution in [1.29, 1.82) is 0 Å². The Kier molecular flexibility index (Phi) is 4.62. The molecule has 1 saturated heterocycles. The van der Waals surface area contributed by atoms with E-state index in [0.29, 0.717) is 15.6 Å². The van der Waals surface area contributed by atoms with E-state index in [2.05, 4.69) is 0 Å². The van der Waals surface area contributed by atoms with E-state index in [1.807, 2.05) is 32.6 Å². The lowest BCUT2D eigenvalue weighted by Crippen LogP contribution is -2.59. The summed E-state index contributed by atoms with van der Waals surface area (Å²) in [6.07, 6.45) is -0.0437. The molecule has 0 spiro atoms. The third-order valence-electron chi connectivity index (χ3n) is 4.08. The van der Waals surface area contributed by atoms with Crippen LogP contribution >= 0.6 is 23.2 Å². The molecule has 2 rings (SSSR count). The molecule has 3 nitrogen and oxygen atoms in total. The predicted molar refractivity (Wildman–Crippen MR) is 81.6 cm³/mol. The average molecular weight is 316 g/mol. The van der Waals surface area contributed by atoms with Crippen molar-refractivity contribution in [3.63, 3.8) is 0 Å². The van der Waals surface area contributed by atoms with Crippen molar-refractivity contribution in [3.8, 4) is 0 Å². The molecule has 4 atom stereocenters. The minimum atomic E-state index is -0.136. The summed E-state index contributed by atoms with van der Waals surface area (Å²) in [5, 5.41) is 0.766. The van der Waals surface area contributed by atoms with Gasteiger partial charge in [-0.15, -0.1) is 0 Å². The van der Waals surface area contributed by atoms with Crippen molar-refractivity contribution in [3.05, 3.63) is 33.8 Å². The third kappa shape index (κ3) is 2.67. The maximum absolute atomic E-state index is 12.9. The molecule has 1 aliphatic heterocycles. The van der Waals surface area contributed by atoms with Crippen molar-refractivity contribution >= 4 is 29.1 Å². The highest BCUT2D eigenvalue weighted by molar-refractivity contribution is 6.39. The Morgan fingerprint density at radius 3 is 1.95 bits per heavy atom. The normalized spacial score (nSPS) is 30.4. The average Bonchev–Trinajstić information content (AvgIpc) is 2.36. The highest BCUT2D eigenvalue weighted by Crippen LogP contribution is 2.31. The van der Waals surface area contributed by atoms with Crippen molar-refractivity contribution in [2.24, 2.45) is 0 Å². The number of nitrogens with zero attached hydrogens (tertiary/aromatic N) is 1. The van der Waals surface area contributed by atoms with Crippen LogP contribution in [0, 0.1) is 0 Å². The van der Waals surface area contributed by atoms with Crippen LogP contribution in [-0.4, -0.2) is 35.1 Å². The van der Waals surface area contributed by atoms with Gasteiger partial charge in [-0.1, -0.05) is 29.3 Å². The van der Waals surface area contributed by atoms with E-state index in [-0.39, 0.29) is 30.2 Å². The van der Waals surface area contributed by atoms with E-state index >= 15 is 0 Å². The number of hydrogen-bond donors (Lipinski definition) is 0. The van der Waals surface area contributed by atoms with Crippen LogP contribution in [-0.2, 0) is 4.74 Å². The maximum atomic E-state index is 12.9. The molecular formula is C15H19Cl2NO2. The summed E-state index contributed by atoms with van der Waals surface area (Å²) in [6, 6.07) is 5.05. The molecule has 0 N–H and O–H groups in total. The molecule has 0 aliphatic carbocycles. The Balaban J connectivity index is 2.40. The van der Waals surface area contributed by atoms with Crippen LogP contribution in [0.25, 0.3) is 0 Å². The summed E-state index contributed by atoms with van der Waals surface area (Å²) in [5.41, 5.74) is 0.371. The third-order valence-corrected chi connectivity index (χ3v) is 4.71. The Morgan fingerprint density at radius 2 is 1.50 bits per heavy atom. The van der Waals surface area contributed by atoms with E-state index in [0.717, 1.165) is 0 Å². The van der Waals surface area contributed by atoms with Gasteiger partial charge in [0.1, 0.15) is 0 Å². The SMILES string of the molecule is C[C@@H]1O[C@H](C)[C@H](C)N(C(=O)c2c(Cl)cccc2Cl)[C@@H]1C. The van der Waals surface area contributed by atoms with Gasteiger partial charge in [0.2, 0.25) is 0 Å². The minimum Gasteiger partial charge on any atom is -0.371 e. The Labute approximate surface area is 129 Å². The van der Waals surface area contributed by atoms with Crippen LogP contribution in [0.2, 0.25) is 10.0 Å². The Bertz CT molecular complexity index is 486. The van der Waals surface area contributed by atoms with Crippen LogP contribution in [0.3, 0.4) is 0 Å². The standard InChI is InChI=1S/C15H19Cl2NO2/c1-8-10(3)20-11(4)9(2)18(8)15(19)14-12(16)6-5-7-13(14)17/h5-11H,1-4H3/t8-,9+,10+,11-. The van der Waals surface area contributed by atoms with Gasteiger partial charge in [0.05, 0.1) is 39.9 Å². The number of carbonyl (C=O) groups excluding carboxylic acids is 1. The van der Waals surface area contributed by atoms with Crippen molar-refractivity contribution in [1.82, 2.24) is 4.90 Å². The minimum absolute atomic E-state index is 0.0218. The van der Waals surface area contributed by atoms with E-state index in [1.54, 1.807) is 18.2 Å². The van der Waals surface area contributed by atoms with Gasteiger partial charge in [-0.05, 0) is 39.8 Å². The van der Waals surface area contributed by atoms with Gasteiger partial charge < -0.3 is 9.64 Å². The molecular weight excluding hydrogens is 297 g/mol. The number of amides is 1. The molecule has 0 bridgehead atoms. The van der Waals surface area contributed by atoms with E-state index in [1.165, 1.54) is 0 Å². The first kappa shape index (κ1) is 15.6. The maximum Gasteiger partial charge on any atom is 0.257 e. The quantitative estimate of drug-likeness (QED) is 0.783. The van der Waals surface area contributed by atoms with Crippen LogP contribution < -0.4 is 0 Å². The van der Waals surface area contributed by atoms with Gasteiger partial charge >= 0.3 is 0 Å². The summed E-state index contributed by atoms with van der Waals surface area (Å²) < 4.78 is 5.83. The second-order valence-electron chi connectivity index (χ2n) is 5.34. The van der Waals surface area contributed by atoms with Crippen molar-refractivity contribution in [2.45, 2.75) is 52.0 Å². The molecule has 1 amide bonds. The number of halogens is 2. The summed E-state index contributed by atoms with van der Waals surface area (Å²) in [6.45, 7) is 7.91. The number of benzene rings is 1. The highest BCUT2D eigenvalue weighted by Gasteiger charge is 2.39. The first-order valence-corrected chi connectivity index (χ1v) is 7.52. The number of rotatable bonds is 1. The number of morpholine rings is 1. The van der Waals surface area contributed by atoms with E-state index in [9.17, 15) is 4.79 Å². The topological polar surface area (TPSA) is 29.5 Å². The summed E-state index contributed by atoms with van der Waals surface area (Å²) in [7, 11) is 0. The first-order valence-electron chi connectivity index (χ1n) is 6.76. The lowest BCUT2D eigenvalue weighted by molar-refractivity contribution is -0.114. The van der Waals surface area contributed by atoms with E-state index in [4.69, 9.17) is 27.9 Å². The lowest BCUT2D eigenvalue weighted by atomic mass is 10.0. The van der Waals surface area contributed by atoms with Gasteiger partial charge in [0.15, 0.2) is 0 Å². The molecule has 1 aliphatic rings. The molecule has 1 fully saturated rings. The molecule has 1 aromatic rings. The van der Waals surface area contributed by atoms with E-state index < -0.39 is 0 Å². The zero-order chi connectivity index (χ0) is 15.0. The van der Waals surface area contributed by atoms with Crippen LogP contribution in [0.1, 0.15) is 38.1 Å².